The molecule has 4 heteroatoms. The van der Waals surface area contributed by atoms with E-state index in [1.54, 1.807) is 6.92 Å². The Bertz CT molecular complexity index is 351. The molecule has 0 bridgehead atoms. The molecule has 1 fully saturated rings. The summed E-state index contributed by atoms with van der Waals surface area (Å²) in [5, 5.41) is 0. The third-order valence-corrected chi connectivity index (χ3v) is 4.63. The van der Waals surface area contributed by atoms with Crippen LogP contribution in [0.25, 0.3) is 0 Å². The van der Waals surface area contributed by atoms with E-state index < -0.39 is 0 Å². The summed E-state index contributed by atoms with van der Waals surface area (Å²) in [5.41, 5.74) is 0. The fourth-order valence-electron chi connectivity index (χ4n) is 3.56. The molecule has 0 aromatic carbocycles. The van der Waals surface area contributed by atoms with Gasteiger partial charge >= 0.3 is 11.9 Å². The zero-order chi connectivity index (χ0) is 16.5. The van der Waals surface area contributed by atoms with Crippen LogP contribution >= 0.6 is 0 Å². The number of hydrogen-bond acceptors (Lipinski definition) is 4. The van der Waals surface area contributed by atoms with E-state index >= 15 is 0 Å². The van der Waals surface area contributed by atoms with Gasteiger partial charge in [-0.15, -0.1) is 0 Å². The number of ether oxygens (including phenoxy) is 2. The van der Waals surface area contributed by atoms with Gasteiger partial charge < -0.3 is 9.47 Å². The molecule has 1 saturated carbocycles. The van der Waals surface area contributed by atoms with Crippen LogP contribution in [-0.4, -0.2) is 25.2 Å². The maximum atomic E-state index is 12.3. The van der Waals surface area contributed by atoms with Gasteiger partial charge in [-0.25, -0.2) is 0 Å². The first kappa shape index (κ1) is 19.0. The van der Waals surface area contributed by atoms with Crippen LogP contribution in [0.5, 0.6) is 0 Å². The third-order valence-electron chi connectivity index (χ3n) is 4.63. The predicted octanol–water partition coefficient (Wildman–Crippen LogP) is 3.97. The average molecular weight is 312 g/mol. The number of carbonyl (C=O) groups excluding carboxylic acids is 2. The second-order valence-corrected chi connectivity index (χ2v) is 6.69. The summed E-state index contributed by atoms with van der Waals surface area (Å²) in [6.07, 6.45) is 5.81. The third kappa shape index (κ3) is 5.98. The van der Waals surface area contributed by atoms with Crippen LogP contribution in [0.3, 0.4) is 0 Å². The van der Waals surface area contributed by atoms with E-state index in [9.17, 15) is 9.59 Å². The average Bonchev–Trinajstić information content (AvgIpc) is 2.91. The minimum atomic E-state index is -0.335. The Kier molecular flexibility index (Phi) is 8.51. The predicted molar refractivity (Wildman–Crippen MR) is 86.3 cm³/mol. The van der Waals surface area contributed by atoms with Crippen LogP contribution in [-0.2, 0) is 19.1 Å². The van der Waals surface area contributed by atoms with E-state index in [-0.39, 0.29) is 30.2 Å². The van der Waals surface area contributed by atoms with Gasteiger partial charge in [0.25, 0.3) is 0 Å². The van der Waals surface area contributed by atoms with Gasteiger partial charge in [0, 0.05) is 0 Å². The van der Waals surface area contributed by atoms with Crippen molar-refractivity contribution in [3.05, 3.63) is 0 Å². The van der Waals surface area contributed by atoms with Crippen molar-refractivity contribution < 1.29 is 19.1 Å². The van der Waals surface area contributed by atoms with Crippen molar-refractivity contribution in [3.8, 4) is 0 Å². The van der Waals surface area contributed by atoms with Gasteiger partial charge in [-0.1, -0.05) is 33.1 Å². The lowest BCUT2D eigenvalue weighted by Crippen LogP contribution is -2.31. The second-order valence-electron chi connectivity index (χ2n) is 6.69. The maximum absolute atomic E-state index is 12.3. The monoisotopic (exact) mass is 312 g/mol. The van der Waals surface area contributed by atoms with Crippen LogP contribution in [0.1, 0.15) is 66.2 Å². The minimum absolute atomic E-state index is 0.162. The molecule has 0 spiro atoms. The molecule has 0 heterocycles. The lowest BCUT2D eigenvalue weighted by molar-refractivity contribution is -0.157. The Hall–Kier alpha value is -1.06. The summed E-state index contributed by atoms with van der Waals surface area (Å²) in [6.45, 7) is 8.77. The van der Waals surface area contributed by atoms with Crippen molar-refractivity contribution in [2.24, 2.45) is 23.7 Å². The molecular weight excluding hydrogens is 280 g/mol. The molecular formula is C18H32O4. The normalized spacial score (nSPS) is 22.6. The highest BCUT2D eigenvalue weighted by Gasteiger charge is 2.39. The van der Waals surface area contributed by atoms with E-state index in [0.29, 0.717) is 25.0 Å². The molecule has 0 amide bonds. The van der Waals surface area contributed by atoms with Gasteiger partial charge in [-0.2, -0.15) is 0 Å². The lowest BCUT2D eigenvalue weighted by atomic mass is 9.79. The molecule has 1 aliphatic carbocycles. The fourth-order valence-corrected chi connectivity index (χ4v) is 3.56. The van der Waals surface area contributed by atoms with Crippen LogP contribution in [0.4, 0.5) is 0 Å². The summed E-state index contributed by atoms with van der Waals surface area (Å²) < 4.78 is 10.3. The number of carbonyl (C=O) groups is 2. The molecule has 1 aliphatic rings. The van der Waals surface area contributed by atoms with E-state index in [1.165, 1.54) is 6.42 Å². The Balaban J connectivity index is 2.74. The summed E-state index contributed by atoms with van der Waals surface area (Å²) in [7, 11) is 0. The van der Waals surface area contributed by atoms with Crippen LogP contribution in [0, 0.1) is 23.7 Å². The number of hydrogen-bond donors (Lipinski definition) is 0. The molecule has 22 heavy (non-hydrogen) atoms. The van der Waals surface area contributed by atoms with E-state index in [4.69, 9.17) is 9.47 Å². The standard InChI is InChI=1S/C18H32O4/c1-5-21-17(19)12-16(18(20)22-6-2)15-9-7-8-14(15)11-10-13(3)4/h13-16H,5-12H2,1-4H3. The quantitative estimate of drug-likeness (QED) is 0.604. The van der Waals surface area contributed by atoms with Crippen LogP contribution < -0.4 is 0 Å². The summed E-state index contributed by atoms with van der Waals surface area (Å²) in [5.74, 6) is 0.631. The Morgan fingerprint density at radius 2 is 1.77 bits per heavy atom. The van der Waals surface area contributed by atoms with Gasteiger partial charge in [0.1, 0.15) is 0 Å². The SMILES string of the molecule is CCOC(=O)CC(C(=O)OCC)C1CCCC1CCC(C)C. The van der Waals surface area contributed by atoms with Crippen molar-refractivity contribution in [2.75, 3.05) is 13.2 Å². The largest absolute Gasteiger partial charge is 0.466 e. The number of esters is 2. The van der Waals surface area contributed by atoms with E-state index in [1.807, 2.05) is 6.92 Å². The van der Waals surface area contributed by atoms with E-state index in [2.05, 4.69) is 13.8 Å². The molecule has 0 N–H and O–H groups in total. The molecule has 0 aromatic rings. The molecule has 128 valence electrons. The topological polar surface area (TPSA) is 52.6 Å². The summed E-state index contributed by atoms with van der Waals surface area (Å²) in [4.78, 5) is 24.2. The fraction of sp³-hybridized carbons (Fsp3) is 0.889. The van der Waals surface area contributed by atoms with Crippen molar-refractivity contribution >= 4 is 11.9 Å². The molecule has 0 aromatic heterocycles. The summed E-state index contributed by atoms with van der Waals surface area (Å²) in [6, 6.07) is 0. The first-order valence-electron chi connectivity index (χ1n) is 8.81. The molecule has 4 nitrogen and oxygen atoms in total. The molecule has 0 aliphatic heterocycles. The van der Waals surface area contributed by atoms with E-state index in [0.717, 1.165) is 25.7 Å². The Morgan fingerprint density at radius 3 is 2.36 bits per heavy atom. The zero-order valence-corrected chi connectivity index (χ0v) is 14.6. The molecule has 1 rings (SSSR count). The van der Waals surface area contributed by atoms with Crippen molar-refractivity contribution in [2.45, 2.75) is 66.2 Å². The van der Waals surface area contributed by atoms with Crippen LogP contribution in [0.2, 0.25) is 0 Å². The number of rotatable bonds is 9. The molecule has 0 saturated heterocycles. The molecule has 3 unspecified atom stereocenters. The van der Waals surface area contributed by atoms with Gasteiger partial charge in [0.05, 0.1) is 25.6 Å². The Morgan fingerprint density at radius 1 is 1.09 bits per heavy atom. The minimum Gasteiger partial charge on any atom is -0.466 e. The van der Waals surface area contributed by atoms with Gasteiger partial charge in [-0.3, -0.25) is 9.59 Å². The first-order chi connectivity index (χ1) is 10.5. The molecule has 3 atom stereocenters. The van der Waals surface area contributed by atoms with Crippen molar-refractivity contribution in [1.29, 1.82) is 0 Å². The maximum Gasteiger partial charge on any atom is 0.309 e. The highest BCUT2D eigenvalue weighted by atomic mass is 16.5. The smallest absolute Gasteiger partial charge is 0.309 e. The van der Waals surface area contributed by atoms with Crippen molar-refractivity contribution in [1.82, 2.24) is 0 Å². The highest BCUT2D eigenvalue weighted by molar-refractivity contribution is 5.80. The molecule has 0 radical (unpaired) electrons. The van der Waals surface area contributed by atoms with Crippen molar-refractivity contribution in [3.63, 3.8) is 0 Å². The zero-order valence-electron chi connectivity index (χ0n) is 14.6. The first-order valence-corrected chi connectivity index (χ1v) is 8.81. The van der Waals surface area contributed by atoms with Gasteiger partial charge in [-0.05, 0) is 44.4 Å². The van der Waals surface area contributed by atoms with Gasteiger partial charge in [0.15, 0.2) is 0 Å². The lowest BCUT2D eigenvalue weighted by Gasteiger charge is -2.27. The second kappa shape index (κ2) is 9.86. The van der Waals surface area contributed by atoms with Crippen LogP contribution in [0.15, 0.2) is 0 Å². The van der Waals surface area contributed by atoms with Gasteiger partial charge in [0.2, 0.25) is 0 Å². The Labute approximate surface area is 134 Å². The summed E-state index contributed by atoms with van der Waals surface area (Å²) >= 11 is 0. The highest BCUT2D eigenvalue weighted by Crippen LogP contribution is 2.42.